The van der Waals surface area contributed by atoms with Gasteiger partial charge in [-0.1, -0.05) is 18.2 Å². The van der Waals surface area contributed by atoms with E-state index in [0.717, 1.165) is 30.7 Å². The predicted molar refractivity (Wildman–Crippen MR) is 87.8 cm³/mol. The summed E-state index contributed by atoms with van der Waals surface area (Å²) in [6.07, 6.45) is 3.74. The Hall–Kier alpha value is -2.47. The van der Waals surface area contributed by atoms with Gasteiger partial charge >= 0.3 is 0 Å². The van der Waals surface area contributed by atoms with E-state index in [9.17, 15) is 4.79 Å². The van der Waals surface area contributed by atoms with Gasteiger partial charge in [-0.05, 0) is 37.5 Å². The molecule has 3 rings (SSSR count). The van der Waals surface area contributed by atoms with Gasteiger partial charge in [-0.2, -0.15) is 0 Å². The number of carbonyl (C=O) groups excluding carboxylic acids is 1. The van der Waals surface area contributed by atoms with Gasteiger partial charge in [-0.25, -0.2) is 9.97 Å². The van der Waals surface area contributed by atoms with E-state index in [0.29, 0.717) is 18.2 Å². The molecule has 2 heterocycles. The molecule has 2 aromatic rings. The van der Waals surface area contributed by atoms with E-state index in [4.69, 9.17) is 4.74 Å². The van der Waals surface area contributed by atoms with Crippen LogP contribution in [0.15, 0.2) is 36.5 Å². The average Bonchev–Trinajstić information content (AvgIpc) is 3.08. The highest BCUT2D eigenvalue weighted by Gasteiger charge is 2.17. The molecule has 6 nitrogen and oxygen atoms in total. The van der Waals surface area contributed by atoms with Crippen molar-refractivity contribution in [2.24, 2.45) is 0 Å². The first-order chi connectivity index (χ1) is 11.2. The topological polar surface area (TPSA) is 76.1 Å². The van der Waals surface area contributed by atoms with Crippen LogP contribution in [0, 0.1) is 6.92 Å². The normalized spacial score (nSPS) is 17.0. The summed E-state index contributed by atoms with van der Waals surface area (Å²) in [5.74, 6) is 0.194. The Kier molecular flexibility index (Phi) is 4.83. The molecule has 2 N–H and O–H groups in total. The lowest BCUT2D eigenvalue weighted by molar-refractivity contribution is 0.0853. The number of ether oxygens (including phenoxy) is 1. The molecular weight excluding hydrogens is 292 g/mol. The number of para-hydroxylation sites is 1. The highest BCUT2D eigenvalue weighted by Crippen LogP contribution is 2.17. The second-order valence-corrected chi connectivity index (χ2v) is 5.55. The van der Waals surface area contributed by atoms with Crippen molar-refractivity contribution in [2.45, 2.75) is 25.9 Å². The van der Waals surface area contributed by atoms with Crippen molar-refractivity contribution in [1.82, 2.24) is 15.3 Å². The summed E-state index contributed by atoms with van der Waals surface area (Å²) in [6, 6.07) is 9.46. The van der Waals surface area contributed by atoms with Crippen molar-refractivity contribution in [3.8, 4) is 0 Å². The van der Waals surface area contributed by atoms with Crippen LogP contribution >= 0.6 is 0 Å². The molecule has 1 fully saturated rings. The minimum Gasteiger partial charge on any atom is -0.376 e. The number of carbonyl (C=O) groups is 1. The third-order valence-electron chi connectivity index (χ3n) is 3.79. The number of amides is 1. The van der Waals surface area contributed by atoms with Crippen molar-refractivity contribution in [3.63, 3.8) is 0 Å². The van der Waals surface area contributed by atoms with Gasteiger partial charge in [0.1, 0.15) is 5.69 Å². The number of hydrogen-bond donors (Lipinski definition) is 2. The average molecular weight is 312 g/mol. The van der Waals surface area contributed by atoms with Gasteiger partial charge in [-0.3, -0.25) is 4.79 Å². The lowest BCUT2D eigenvalue weighted by Gasteiger charge is -2.11. The zero-order valence-corrected chi connectivity index (χ0v) is 13.1. The SMILES string of the molecule is Cc1ccccc1Nc1nccc(C(=O)NCC2CCCO2)n1. The van der Waals surface area contributed by atoms with Crippen molar-refractivity contribution in [1.29, 1.82) is 0 Å². The molecule has 0 bridgehead atoms. The van der Waals surface area contributed by atoms with Crippen molar-refractivity contribution >= 4 is 17.5 Å². The fourth-order valence-electron chi connectivity index (χ4n) is 2.48. The maximum Gasteiger partial charge on any atom is 0.270 e. The van der Waals surface area contributed by atoms with Crippen molar-refractivity contribution in [3.05, 3.63) is 47.8 Å². The summed E-state index contributed by atoms with van der Waals surface area (Å²) in [4.78, 5) is 20.6. The minimum absolute atomic E-state index is 0.116. The first kappa shape index (κ1) is 15.4. The Morgan fingerprint density at radius 1 is 1.35 bits per heavy atom. The molecule has 23 heavy (non-hydrogen) atoms. The molecule has 6 heteroatoms. The maximum absolute atomic E-state index is 12.2. The first-order valence-corrected chi connectivity index (χ1v) is 7.78. The lowest BCUT2D eigenvalue weighted by Crippen LogP contribution is -2.32. The van der Waals surface area contributed by atoms with Crippen LogP contribution in [0.4, 0.5) is 11.6 Å². The van der Waals surface area contributed by atoms with Crippen molar-refractivity contribution < 1.29 is 9.53 Å². The van der Waals surface area contributed by atoms with Gasteiger partial charge in [0.05, 0.1) is 6.10 Å². The zero-order valence-electron chi connectivity index (χ0n) is 13.1. The van der Waals surface area contributed by atoms with E-state index >= 15 is 0 Å². The smallest absolute Gasteiger partial charge is 0.270 e. The number of rotatable bonds is 5. The highest BCUT2D eigenvalue weighted by atomic mass is 16.5. The molecule has 1 aliphatic rings. The number of aryl methyl sites for hydroxylation is 1. The Morgan fingerprint density at radius 2 is 2.22 bits per heavy atom. The zero-order chi connectivity index (χ0) is 16.1. The summed E-state index contributed by atoms with van der Waals surface area (Å²) >= 11 is 0. The molecule has 1 aromatic carbocycles. The molecule has 1 aromatic heterocycles. The number of nitrogens with one attached hydrogen (secondary N) is 2. The molecule has 1 unspecified atom stereocenters. The Bertz CT molecular complexity index is 684. The van der Waals surface area contributed by atoms with Crippen LogP contribution in [-0.2, 0) is 4.74 Å². The molecule has 0 spiro atoms. The van der Waals surface area contributed by atoms with E-state index in [-0.39, 0.29) is 12.0 Å². The third-order valence-corrected chi connectivity index (χ3v) is 3.79. The van der Waals surface area contributed by atoms with E-state index in [2.05, 4.69) is 20.6 Å². The summed E-state index contributed by atoms with van der Waals surface area (Å²) in [6.45, 7) is 3.29. The predicted octanol–water partition coefficient (Wildman–Crippen LogP) is 2.44. The molecule has 1 aliphatic heterocycles. The maximum atomic E-state index is 12.2. The summed E-state index contributed by atoms with van der Waals surface area (Å²) in [5, 5.41) is 6.00. The van der Waals surface area contributed by atoms with E-state index in [1.165, 1.54) is 0 Å². The Labute approximate surface area is 135 Å². The van der Waals surface area contributed by atoms with E-state index in [1.807, 2.05) is 31.2 Å². The van der Waals surface area contributed by atoms with Crippen LogP contribution in [0.5, 0.6) is 0 Å². The highest BCUT2D eigenvalue weighted by molar-refractivity contribution is 5.92. The van der Waals surface area contributed by atoms with Crippen LogP contribution in [-0.4, -0.2) is 35.1 Å². The molecule has 0 saturated carbocycles. The minimum atomic E-state index is -0.212. The fraction of sp³-hybridized carbons (Fsp3) is 0.353. The Balaban J connectivity index is 1.64. The number of aromatic nitrogens is 2. The van der Waals surface area contributed by atoms with Crippen LogP contribution in [0.25, 0.3) is 0 Å². The van der Waals surface area contributed by atoms with Gasteiger partial charge < -0.3 is 15.4 Å². The van der Waals surface area contributed by atoms with Gasteiger partial charge in [-0.15, -0.1) is 0 Å². The summed E-state index contributed by atoms with van der Waals surface area (Å²) in [7, 11) is 0. The second kappa shape index (κ2) is 7.19. The monoisotopic (exact) mass is 312 g/mol. The van der Waals surface area contributed by atoms with Gasteiger partial charge in [0, 0.05) is 25.0 Å². The number of benzene rings is 1. The summed E-state index contributed by atoms with van der Waals surface area (Å²) < 4.78 is 5.50. The molecular formula is C17H20N4O2. The van der Waals surface area contributed by atoms with Crippen molar-refractivity contribution in [2.75, 3.05) is 18.5 Å². The van der Waals surface area contributed by atoms with Gasteiger partial charge in [0.15, 0.2) is 0 Å². The van der Waals surface area contributed by atoms with Crippen LogP contribution in [0.2, 0.25) is 0 Å². The van der Waals surface area contributed by atoms with Crippen LogP contribution in [0.3, 0.4) is 0 Å². The third kappa shape index (κ3) is 4.04. The van der Waals surface area contributed by atoms with E-state index in [1.54, 1.807) is 12.3 Å². The van der Waals surface area contributed by atoms with Gasteiger partial charge in [0.2, 0.25) is 5.95 Å². The first-order valence-electron chi connectivity index (χ1n) is 7.78. The molecule has 1 saturated heterocycles. The number of nitrogens with zero attached hydrogens (tertiary/aromatic N) is 2. The standard InChI is InChI=1S/C17H20N4O2/c1-12-5-2-3-7-14(12)20-17-18-9-8-15(21-17)16(22)19-11-13-6-4-10-23-13/h2-3,5,7-9,13H,4,6,10-11H2,1H3,(H,19,22)(H,18,20,21). The van der Waals surface area contributed by atoms with Gasteiger partial charge in [0.25, 0.3) is 5.91 Å². The fourth-order valence-corrected chi connectivity index (χ4v) is 2.48. The number of hydrogen-bond acceptors (Lipinski definition) is 5. The van der Waals surface area contributed by atoms with Crippen LogP contribution in [0.1, 0.15) is 28.9 Å². The lowest BCUT2D eigenvalue weighted by atomic mass is 10.2. The molecule has 0 aliphatic carbocycles. The Morgan fingerprint density at radius 3 is 3.00 bits per heavy atom. The number of anilines is 2. The molecule has 0 radical (unpaired) electrons. The summed E-state index contributed by atoms with van der Waals surface area (Å²) in [5.41, 5.74) is 2.35. The van der Waals surface area contributed by atoms with Crippen LogP contribution < -0.4 is 10.6 Å². The quantitative estimate of drug-likeness (QED) is 0.887. The molecule has 1 atom stereocenters. The largest absolute Gasteiger partial charge is 0.376 e. The van der Waals surface area contributed by atoms with E-state index < -0.39 is 0 Å². The molecule has 120 valence electrons. The molecule has 1 amide bonds. The second-order valence-electron chi connectivity index (χ2n) is 5.55.